The molecule has 1 aromatic rings. The second-order valence-electron chi connectivity index (χ2n) is 6.45. The van der Waals surface area contributed by atoms with E-state index in [9.17, 15) is 5.26 Å². The molecule has 0 aromatic heterocycles. The van der Waals surface area contributed by atoms with Gasteiger partial charge in [0.1, 0.15) is 11.8 Å². The summed E-state index contributed by atoms with van der Waals surface area (Å²) in [6.45, 7) is 9.00. The van der Waals surface area contributed by atoms with Crippen LogP contribution in [0.1, 0.15) is 38.8 Å². The number of likely N-dealkylation sites (N-methyl/N-ethyl adjacent to an activating group) is 1. The Labute approximate surface area is 144 Å². The van der Waals surface area contributed by atoms with Gasteiger partial charge in [0.15, 0.2) is 0 Å². The Kier molecular flexibility index (Phi) is 6.29. The quantitative estimate of drug-likeness (QED) is 0.822. The van der Waals surface area contributed by atoms with Gasteiger partial charge in [-0.05, 0) is 45.0 Å². The summed E-state index contributed by atoms with van der Waals surface area (Å²) in [4.78, 5) is 4.63. The highest BCUT2D eigenvalue weighted by Gasteiger charge is 2.31. The molecule has 1 aliphatic heterocycles. The maximum absolute atomic E-state index is 9.74. The lowest BCUT2D eigenvalue weighted by Crippen LogP contribution is -2.52. The second kappa shape index (κ2) is 8.01. The molecular formula is C18H26ClN3O. The van der Waals surface area contributed by atoms with Crippen molar-refractivity contribution < 1.29 is 4.74 Å². The molecule has 2 rings (SSSR count). The van der Waals surface area contributed by atoms with E-state index in [-0.39, 0.29) is 12.1 Å². The Morgan fingerprint density at radius 3 is 2.70 bits per heavy atom. The Morgan fingerprint density at radius 1 is 1.39 bits per heavy atom. The zero-order chi connectivity index (χ0) is 17.0. The normalized spacial score (nSPS) is 21.2. The van der Waals surface area contributed by atoms with Crippen molar-refractivity contribution in [2.24, 2.45) is 0 Å². The summed E-state index contributed by atoms with van der Waals surface area (Å²) in [6, 6.07) is 8.30. The summed E-state index contributed by atoms with van der Waals surface area (Å²) in [5, 5.41) is 10.3. The first-order chi connectivity index (χ1) is 11.0. The van der Waals surface area contributed by atoms with Crippen LogP contribution in [0.2, 0.25) is 5.02 Å². The smallest absolute Gasteiger partial charge is 0.138 e. The topological polar surface area (TPSA) is 39.5 Å². The molecule has 1 aliphatic rings. The predicted octanol–water partition coefficient (Wildman–Crippen LogP) is 3.72. The first-order valence-corrected chi connectivity index (χ1v) is 8.64. The van der Waals surface area contributed by atoms with E-state index in [1.165, 1.54) is 0 Å². The van der Waals surface area contributed by atoms with Gasteiger partial charge in [-0.2, -0.15) is 5.26 Å². The van der Waals surface area contributed by atoms with Crippen LogP contribution in [0.15, 0.2) is 18.2 Å². The van der Waals surface area contributed by atoms with E-state index in [0.29, 0.717) is 16.8 Å². The fraction of sp³-hybridized carbons (Fsp3) is 0.611. The first kappa shape index (κ1) is 18.1. The third-order valence-electron chi connectivity index (χ3n) is 4.29. The van der Waals surface area contributed by atoms with Crippen LogP contribution in [0.4, 0.5) is 0 Å². The average molecular weight is 336 g/mol. The number of ether oxygens (including phenoxy) is 1. The first-order valence-electron chi connectivity index (χ1n) is 8.26. The zero-order valence-electron chi connectivity index (χ0n) is 14.4. The van der Waals surface area contributed by atoms with Crippen molar-refractivity contribution in [1.82, 2.24) is 9.80 Å². The maximum Gasteiger partial charge on any atom is 0.138 e. The van der Waals surface area contributed by atoms with Crippen LogP contribution in [0.25, 0.3) is 0 Å². The number of piperazine rings is 1. The molecule has 1 aromatic carbocycles. The fourth-order valence-corrected chi connectivity index (χ4v) is 3.34. The van der Waals surface area contributed by atoms with Gasteiger partial charge in [0.05, 0.1) is 17.2 Å². The van der Waals surface area contributed by atoms with Crippen molar-refractivity contribution in [3.8, 4) is 11.8 Å². The van der Waals surface area contributed by atoms with Gasteiger partial charge in [0, 0.05) is 25.7 Å². The highest BCUT2D eigenvalue weighted by molar-refractivity contribution is 6.32. The Balaban J connectivity index is 2.24. The number of rotatable bonds is 5. The molecule has 0 radical (unpaired) electrons. The molecule has 2 atom stereocenters. The number of hydrogen-bond donors (Lipinski definition) is 0. The molecule has 4 nitrogen and oxygen atoms in total. The van der Waals surface area contributed by atoms with E-state index in [1.54, 1.807) is 0 Å². The molecular weight excluding hydrogens is 310 g/mol. The number of benzene rings is 1. The molecule has 2 unspecified atom stereocenters. The Morgan fingerprint density at radius 2 is 2.13 bits per heavy atom. The molecule has 0 aliphatic carbocycles. The molecule has 23 heavy (non-hydrogen) atoms. The molecule has 0 bridgehead atoms. The van der Waals surface area contributed by atoms with Gasteiger partial charge in [-0.1, -0.05) is 24.6 Å². The van der Waals surface area contributed by atoms with E-state index in [0.717, 1.165) is 31.6 Å². The summed E-state index contributed by atoms with van der Waals surface area (Å²) in [5.41, 5.74) is 0.941. The minimum absolute atomic E-state index is 0.0761. The molecule has 1 heterocycles. The number of nitrogens with zero attached hydrogens (tertiary/aromatic N) is 3. The van der Waals surface area contributed by atoms with Gasteiger partial charge in [-0.25, -0.2) is 0 Å². The summed E-state index contributed by atoms with van der Waals surface area (Å²) in [5.74, 6) is 0.674. The van der Waals surface area contributed by atoms with Crippen molar-refractivity contribution in [3.05, 3.63) is 28.8 Å². The van der Waals surface area contributed by atoms with Gasteiger partial charge in [-0.15, -0.1) is 0 Å². The molecule has 0 amide bonds. The largest absolute Gasteiger partial charge is 0.489 e. The Bertz CT molecular complexity index is 570. The number of halogens is 1. The standard InChI is InChI=1S/C18H26ClN3O/c1-5-15-12-21(4)8-9-22(15)17(11-20)14-6-7-18(16(19)10-14)23-13(2)3/h6-7,10,13,15,17H,5,8-9,12H2,1-4H3. The lowest BCUT2D eigenvalue weighted by Gasteiger charge is -2.42. The zero-order valence-corrected chi connectivity index (χ0v) is 15.2. The molecule has 0 saturated carbocycles. The number of hydrogen-bond acceptors (Lipinski definition) is 4. The summed E-state index contributed by atoms with van der Waals surface area (Å²) in [6.07, 6.45) is 1.11. The molecule has 0 spiro atoms. The molecule has 1 fully saturated rings. The highest BCUT2D eigenvalue weighted by atomic mass is 35.5. The Hall–Kier alpha value is -1.28. The van der Waals surface area contributed by atoms with Crippen molar-refractivity contribution in [1.29, 1.82) is 5.26 Å². The van der Waals surface area contributed by atoms with E-state index >= 15 is 0 Å². The fourth-order valence-electron chi connectivity index (χ4n) is 3.11. The molecule has 1 saturated heterocycles. The van der Waals surface area contributed by atoms with Gasteiger partial charge in [0.25, 0.3) is 0 Å². The monoisotopic (exact) mass is 335 g/mol. The van der Waals surface area contributed by atoms with Crippen LogP contribution in [0, 0.1) is 11.3 Å². The molecule has 5 heteroatoms. The van der Waals surface area contributed by atoms with Crippen LogP contribution >= 0.6 is 11.6 Å². The second-order valence-corrected chi connectivity index (χ2v) is 6.86. The predicted molar refractivity (Wildman–Crippen MR) is 93.9 cm³/mol. The van der Waals surface area contributed by atoms with E-state index in [2.05, 4.69) is 29.8 Å². The van der Waals surface area contributed by atoms with Crippen molar-refractivity contribution in [2.45, 2.75) is 45.4 Å². The van der Waals surface area contributed by atoms with Crippen LogP contribution in [0.3, 0.4) is 0 Å². The van der Waals surface area contributed by atoms with Crippen LogP contribution in [0.5, 0.6) is 5.75 Å². The van der Waals surface area contributed by atoms with Crippen molar-refractivity contribution in [2.75, 3.05) is 26.7 Å². The van der Waals surface area contributed by atoms with Crippen molar-refractivity contribution >= 4 is 11.6 Å². The summed E-state index contributed by atoms with van der Waals surface area (Å²) < 4.78 is 5.68. The third-order valence-corrected chi connectivity index (χ3v) is 4.59. The van der Waals surface area contributed by atoms with Gasteiger partial charge < -0.3 is 9.64 Å². The molecule has 126 valence electrons. The SMILES string of the molecule is CCC1CN(C)CCN1C(C#N)c1ccc(OC(C)C)c(Cl)c1. The van der Waals surface area contributed by atoms with Crippen LogP contribution < -0.4 is 4.74 Å². The lowest BCUT2D eigenvalue weighted by molar-refractivity contribution is 0.0675. The van der Waals surface area contributed by atoms with Crippen molar-refractivity contribution in [3.63, 3.8) is 0 Å². The number of nitriles is 1. The van der Waals surface area contributed by atoms with E-state index in [4.69, 9.17) is 16.3 Å². The maximum atomic E-state index is 9.74. The third kappa shape index (κ3) is 4.38. The summed E-state index contributed by atoms with van der Waals surface area (Å²) >= 11 is 6.35. The molecule has 0 N–H and O–H groups in total. The lowest BCUT2D eigenvalue weighted by atomic mass is 10.0. The van der Waals surface area contributed by atoms with Gasteiger partial charge >= 0.3 is 0 Å². The average Bonchev–Trinajstić information content (AvgIpc) is 2.51. The van der Waals surface area contributed by atoms with Crippen LogP contribution in [-0.2, 0) is 0 Å². The van der Waals surface area contributed by atoms with Gasteiger partial charge in [0.2, 0.25) is 0 Å². The highest BCUT2D eigenvalue weighted by Crippen LogP contribution is 2.32. The van der Waals surface area contributed by atoms with E-state index in [1.807, 2.05) is 32.0 Å². The minimum atomic E-state index is -0.265. The van der Waals surface area contributed by atoms with Gasteiger partial charge in [-0.3, -0.25) is 4.90 Å². The minimum Gasteiger partial charge on any atom is -0.489 e. The summed E-state index contributed by atoms with van der Waals surface area (Å²) in [7, 11) is 2.14. The van der Waals surface area contributed by atoms with Crippen LogP contribution in [-0.4, -0.2) is 48.6 Å². The van der Waals surface area contributed by atoms with E-state index < -0.39 is 0 Å².